The van der Waals surface area contributed by atoms with Gasteiger partial charge in [-0.2, -0.15) is 4.39 Å². The number of para-hydroxylation sites is 1. The van der Waals surface area contributed by atoms with Crippen LogP contribution in [-0.4, -0.2) is 32.5 Å². The third-order valence-corrected chi connectivity index (χ3v) is 5.94. The van der Waals surface area contributed by atoms with Crippen molar-refractivity contribution in [3.05, 3.63) is 69.8 Å². The maximum Gasteiger partial charge on any atom is 0.306 e. The zero-order valence-electron chi connectivity index (χ0n) is 18.6. The van der Waals surface area contributed by atoms with Crippen LogP contribution >= 0.6 is 0 Å². The number of anilines is 2. The van der Waals surface area contributed by atoms with Crippen molar-refractivity contribution < 1.29 is 22.8 Å². The lowest BCUT2D eigenvalue weighted by molar-refractivity contribution is -0.387. The maximum atomic E-state index is 13.9. The van der Waals surface area contributed by atoms with Crippen LogP contribution < -0.4 is 10.1 Å². The smallest absolute Gasteiger partial charge is 0.306 e. The van der Waals surface area contributed by atoms with Gasteiger partial charge >= 0.3 is 5.69 Å². The molecule has 1 aliphatic rings. The van der Waals surface area contributed by atoms with Gasteiger partial charge in [0.2, 0.25) is 11.8 Å². The molecule has 8 nitrogen and oxygen atoms in total. The van der Waals surface area contributed by atoms with Gasteiger partial charge in [-0.15, -0.1) is 0 Å². The Kier molecular flexibility index (Phi) is 5.75. The number of nitrogens with zero attached hydrogens (tertiary/aromatic N) is 4. The minimum atomic E-state index is -2.68. The van der Waals surface area contributed by atoms with Crippen molar-refractivity contribution in [3.63, 3.8) is 0 Å². The Labute approximate surface area is 197 Å². The molecule has 0 atom stereocenters. The van der Waals surface area contributed by atoms with Crippen molar-refractivity contribution in [3.8, 4) is 17.0 Å². The predicted octanol–water partition coefficient (Wildman–Crippen LogP) is 5.79. The average Bonchev–Trinajstić information content (AvgIpc) is 3.20. The van der Waals surface area contributed by atoms with E-state index in [0.717, 1.165) is 42.4 Å². The van der Waals surface area contributed by atoms with Gasteiger partial charge in [0.25, 0.3) is 6.43 Å². The van der Waals surface area contributed by atoms with Gasteiger partial charge in [-0.25, -0.2) is 18.7 Å². The van der Waals surface area contributed by atoms with E-state index in [2.05, 4.69) is 25.9 Å². The summed E-state index contributed by atoms with van der Waals surface area (Å²) in [4.78, 5) is 19.0. The molecule has 2 aromatic carbocycles. The number of nitro benzene ring substituents is 1. The highest BCUT2D eigenvalue weighted by atomic mass is 19.3. The standard InChI is InChI=1S/C24H20F3N5O3/c1-13-8-17(25)19(32(33)34)9-18(13)29-24-28-10-20(35-12-21(26)27)22(30-24)16-11-31-7-3-5-14-4-2-6-15(16)23(14)31/h2,4,6,8-11,21H,3,5,7,12H2,1H3,(H,28,29,30). The maximum absolute atomic E-state index is 13.9. The van der Waals surface area contributed by atoms with E-state index in [-0.39, 0.29) is 17.4 Å². The van der Waals surface area contributed by atoms with Crippen LogP contribution in [0.5, 0.6) is 5.75 Å². The SMILES string of the molecule is Cc1cc(F)c([N+](=O)[O-])cc1Nc1ncc(OCC(F)F)c(-c2cn3c4c(cccc24)CCC3)n1. The fourth-order valence-corrected chi connectivity index (χ4v) is 4.38. The highest BCUT2D eigenvalue weighted by Gasteiger charge is 2.22. The number of rotatable bonds is 7. The van der Waals surface area contributed by atoms with Crippen molar-refractivity contribution in [2.45, 2.75) is 32.7 Å². The summed E-state index contributed by atoms with van der Waals surface area (Å²) in [6.45, 7) is 1.58. The van der Waals surface area contributed by atoms with Crippen molar-refractivity contribution in [2.75, 3.05) is 11.9 Å². The molecule has 0 amide bonds. The van der Waals surface area contributed by atoms with Crippen LogP contribution in [-0.2, 0) is 13.0 Å². The highest BCUT2D eigenvalue weighted by Crippen LogP contribution is 2.39. The fraction of sp³-hybridized carbons (Fsp3) is 0.250. The molecule has 3 heterocycles. The topological polar surface area (TPSA) is 95.1 Å². The molecule has 4 aromatic rings. The molecule has 0 radical (unpaired) electrons. The summed E-state index contributed by atoms with van der Waals surface area (Å²) in [5.74, 6) is -0.814. The van der Waals surface area contributed by atoms with E-state index >= 15 is 0 Å². The molecule has 0 spiro atoms. The largest absolute Gasteiger partial charge is 0.484 e. The van der Waals surface area contributed by atoms with Gasteiger partial charge < -0.3 is 14.6 Å². The summed E-state index contributed by atoms with van der Waals surface area (Å²) >= 11 is 0. The van der Waals surface area contributed by atoms with Gasteiger partial charge in [-0.3, -0.25) is 10.1 Å². The number of hydrogen-bond acceptors (Lipinski definition) is 6. The molecule has 1 aliphatic heterocycles. The second-order valence-corrected chi connectivity index (χ2v) is 8.26. The molecule has 1 N–H and O–H groups in total. The van der Waals surface area contributed by atoms with Crippen molar-refractivity contribution in [1.29, 1.82) is 0 Å². The van der Waals surface area contributed by atoms with Gasteiger partial charge in [0, 0.05) is 29.8 Å². The third-order valence-electron chi connectivity index (χ3n) is 5.94. The molecular formula is C24H20F3N5O3. The molecule has 0 unspecified atom stereocenters. The zero-order valence-corrected chi connectivity index (χ0v) is 18.6. The molecular weight excluding hydrogens is 463 g/mol. The fourth-order valence-electron chi connectivity index (χ4n) is 4.38. The summed E-state index contributed by atoms with van der Waals surface area (Å²) in [6, 6.07) is 8.06. The van der Waals surface area contributed by atoms with E-state index in [0.29, 0.717) is 16.8 Å². The molecule has 11 heteroatoms. The number of benzene rings is 2. The first-order valence-electron chi connectivity index (χ1n) is 10.9. The first-order valence-corrected chi connectivity index (χ1v) is 10.9. The number of aryl methyl sites for hydroxylation is 3. The number of ether oxygens (including phenoxy) is 1. The minimum absolute atomic E-state index is 0.0559. The van der Waals surface area contributed by atoms with E-state index in [9.17, 15) is 23.3 Å². The Morgan fingerprint density at radius 2 is 2.14 bits per heavy atom. The van der Waals surface area contributed by atoms with Crippen LogP contribution in [0.4, 0.5) is 30.5 Å². The van der Waals surface area contributed by atoms with E-state index in [1.165, 1.54) is 11.8 Å². The first kappa shape index (κ1) is 22.6. The third kappa shape index (κ3) is 4.25. The van der Waals surface area contributed by atoms with Crippen LogP contribution in [0.3, 0.4) is 0 Å². The van der Waals surface area contributed by atoms with Crippen molar-refractivity contribution in [2.24, 2.45) is 0 Å². The molecule has 0 saturated heterocycles. The highest BCUT2D eigenvalue weighted by molar-refractivity contribution is 5.98. The van der Waals surface area contributed by atoms with Crippen molar-refractivity contribution >= 4 is 28.2 Å². The predicted molar refractivity (Wildman–Crippen MR) is 124 cm³/mol. The Balaban J connectivity index is 1.61. The van der Waals surface area contributed by atoms with Gasteiger partial charge in [-0.05, 0) is 37.0 Å². The lowest BCUT2D eigenvalue weighted by atomic mass is 10.0. The summed E-state index contributed by atoms with van der Waals surface area (Å²) in [7, 11) is 0. The second-order valence-electron chi connectivity index (χ2n) is 8.26. The van der Waals surface area contributed by atoms with Gasteiger partial charge in [0.15, 0.2) is 5.75 Å². The molecule has 5 rings (SSSR count). The first-order chi connectivity index (χ1) is 16.8. The lowest BCUT2D eigenvalue weighted by Crippen LogP contribution is -2.09. The minimum Gasteiger partial charge on any atom is -0.484 e. The van der Waals surface area contributed by atoms with Gasteiger partial charge in [0.1, 0.15) is 12.3 Å². The normalized spacial score (nSPS) is 12.8. The number of nitro groups is 1. The van der Waals surface area contributed by atoms with Crippen LogP contribution in [0.2, 0.25) is 0 Å². The van der Waals surface area contributed by atoms with Crippen LogP contribution in [0.1, 0.15) is 17.5 Å². The number of hydrogen-bond donors (Lipinski definition) is 1. The second kappa shape index (κ2) is 8.90. The van der Waals surface area contributed by atoms with E-state index < -0.39 is 29.5 Å². The molecule has 2 aromatic heterocycles. The van der Waals surface area contributed by atoms with E-state index in [4.69, 9.17) is 4.74 Å². The van der Waals surface area contributed by atoms with E-state index in [1.807, 2.05) is 18.3 Å². The Morgan fingerprint density at radius 1 is 1.31 bits per heavy atom. The summed E-state index contributed by atoms with van der Waals surface area (Å²) in [5, 5.41) is 15.0. The summed E-state index contributed by atoms with van der Waals surface area (Å²) < 4.78 is 47.2. The quantitative estimate of drug-likeness (QED) is 0.264. The van der Waals surface area contributed by atoms with Crippen molar-refractivity contribution in [1.82, 2.24) is 14.5 Å². The Hall–Kier alpha value is -4.15. The summed E-state index contributed by atoms with van der Waals surface area (Å²) in [6.07, 6.45) is 2.44. The van der Waals surface area contributed by atoms with Crippen LogP contribution in [0.25, 0.3) is 22.2 Å². The average molecular weight is 483 g/mol. The Bertz CT molecular complexity index is 1450. The molecule has 180 valence electrons. The van der Waals surface area contributed by atoms with Gasteiger partial charge in [-0.1, -0.05) is 18.2 Å². The van der Waals surface area contributed by atoms with Crippen LogP contribution in [0, 0.1) is 22.9 Å². The number of alkyl halides is 2. The Morgan fingerprint density at radius 3 is 2.91 bits per heavy atom. The number of nitrogens with one attached hydrogen (secondary N) is 1. The lowest BCUT2D eigenvalue weighted by Gasteiger charge is -2.14. The van der Waals surface area contributed by atoms with Gasteiger partial charge in [0.05, 0.1) is 22.3 Å². The molecule has 35 heavy (non-hydrogen) atoms. The summed E-state index contributed by atoms with van der Waals surface area (Å²) in [5.41, 5.74) is 3.21. The monoisotopic (exact) mass is 483 g/mol. The molecule has 0 saturated carbocycles. The molecule has 0 bridgehead atoms. The number of halogens is 3. The molecule has 0 fully saturated rings. The zero-order chi connectivity index (χ0) is 24.7. The molecule has 0 aliphatic carbocycles. The number of aromatic nitrogens is 3. The van der Waals surface area contributed by atoms with E-state index in [1.54, 1.807) is 6.92 Å². The van der Waals surface area contributed by atoms with Crippen LogP contribution in [0.15, 0.2) is 42.7 Å².